The first-order chi connectivity index (χ1) is 8.42. The molecule has 1 rings (SSSR count). The molecule has 0 amide bonds. The Hall–Kier alpha value is -1.13. The zero-order valence-electron chi connectivity index (χ0n) is 12.1. The van der Waals surface area contributed by atoms with Crippen LogP contribution in [0.2, 0.25) is 0 Å². The lowest BCUT2D eigenvalue weighted by Gasteiger charge is -2.35. The summed E-state index contributed by atoms with van der Waals surface area (Å²) in [5.41, 5.74) is 2.02. The minimum Gasteiger partial charge on any atom is -0.394 e. The van der Waals surface area contributed by atoms with Gasteiger partial charge in [0.2, 0.25) is 0 Å². The van der Waals surface area contributed by atoms with Gasteiger partial charge in [0.05, 0.1) is 12.1 Å². The Morgan fingerprint density at radius 1 is 1.44 bits per heavy atom. The van der Waals surface area contributed by atoms with E-state index in [0.29, 0.717) is 0 Å². The second-order valence-corrected chi connectivity index (χ2v) is 5.29. The van der Waals surface area contributed by atoms with E-state index in [-0.39, 0.29) is 12.1 Å². The molecule has 0 aliphatic rings. The van der Waals surface area contributed by atoms with Gasteiger partial charge in [-0.1, -0.05) is 6.92 Å². The fraction of sp³-hybridized carbons (Fsp3) is 0.643. The number of aromatic nitrogens is 1. The van der Waals surface area contributed by atoms with Gasteiger partial charge in [-0.2, -0.15) is 0 Å². The Labute approximate surface area is 110 Å². The van der Waals surface area contributed by atoms with Crippen LogP contribution in [0.3, 0.4) is 0 Å². The number of anilines is 1. The van der Waals surface area contributed by atoms with Crippen LogP contribution in [0.4, 0.5) is 5.82 Å². The van der Waals surface area contributed by atoms with Crippen LogP contribution >= 0.6 is 0 Å². The average Bonchev–Trinajstić information content (AvgIpc) is 2.35. The highest BCUT2D eigenvalue weighted by Crippen LogP contribution is 2.23. The number of pyridine rings is 1. The van der Waals surface area contributed by atoms with E-state index in [9.17, 15) is 5.11 Å². The number of nitrogens with zero attached hydrogens (tertiary/aromatic N) is 2. The molecule has 102 valence electrons. The summed E-state index contributed by atoms with van der Waals surface area (Å²) in [4.78, 5) is 6.55. The zero-order chi connectivity index (χ0) is 13.8. The van der Waals surface area contributed by atoms with Crippen LogP contribution in [0.15, 0.2) is 12.3 Å². The van der Waals surface area contributed by atoms with E-state index in [1.807, 2.05) is 32.0 Å². The van der Waals surface area contributed by atoms with Gasteiger partial charge < -0.3 is 15.3 Å². The van der Waals surface area contributed by atoms with Crippen LogP contribution in [0, 0.1) is 6.92 Å². The minimum atomic E-state index is -0.305. The molecule has 0 spiro atoms. The van der Waals surface area contributed by atoms with Gasteiger partial charge in [0.15, 0.2) is 0 Å². The van der Waals surface area contributed by atoms with Gasteiger partial charge in [-0.25, -0.2) is 4.98 Å². The third-order valence-electron chi connectivity index (χ3n) is 3.30. The molecule has 0 atom stereocenters. The summed E-state index contributed by atoms with van der Waals surface area (Å²) in [6, 6.07) is 2.15. The molecule has 0 aliphatic heterocycles. The lowest BCUT2D eigenvalue weighted by Crippen LogP contribution is -2.45. The fourth-order valence-electron chi connectivity index (χ4n) is 1.74. The molecule has 0 unspecified atom stereocenters. The Bertz CT molecular complexity index is 391. The quantitative estimate of drug-likeness (QED) is 0.808. The average molecular weight is 251 g/mol. The summed E-state index contributed by atoms with van der Waals surface area (Å²) >= 11 is 0. The predicted molar refractivity (Wildman–Crippen MR) is 75.9 cm³/mol. The summed E-state index contributed by atoms with van der Waals surface area (Å²) in [5, 5.41) is 12.7. The van der Waals surface area contributed by atoms with Crippen LogP contribution in [-0.4, -0.2) is 35.8 Å². The molecule has 0 saturated carbocycles. The summed E-state index contributed by atoms with van der Waals surface area (Å²) < 4.78 is 0. The van der Waals surface area contributed by atoms with E-state index >= 15 is 0 Å². The van der Waals surface area contributed by atoms with E-state index < -0.39 is 0 Å². The number of aliphatic hydroxyl groups excluding tert-OH is 1. The van der Waals surface area contributed by atoms with Gasteiger partial charge in [0.1, 0.15) is 5.82 Å². The van der Waals surface area contributed by atoms with Crippen molar-refractivity contribution in [3.05, 3.63) is 23.4 Å². The monoisotopic (exact) mass is 251 g/mol. The summed E-state index contributed by atoms with van der Waals surface area (Å²) in [7, 11) is 1.97. The van der Waals surface area contributed by atoms with E-state index in [0.717, 1.165) is 24.5 Å². The second kappa shape index (κ2) is 6.16. The molecule has 0 bridgehead atoms. The zero-order valence-corrected chi connectivity index (χ0v) is 12.1. The van der Waals surface area contributed by atoms with Crippen molar-refractivity contribution in [2.75, 3.05) is 25.1 Å². The normalized spacial score (nSPS) is 11.7. The Kier molecular flexibility index (Phi) is 5.11. The lowest BCUT2D eigenvalue weighted by molar-refractivity contribution is 0.215. The van der Waals surface area contributed by atoms with E-state index in [1.165, 1.54) is 5.56 Å². The summed E-state index contributed by atoms with van der Waals surface area (Å²) in [5.74, 6) is 0.925. The SMILES string of the molecule is CCNCc1cnc(N(C)C(C)(C)CO)c(C)c1. The molecule has 1 aromatic heterocycles. The van der Waals surface area contributed by atoms with Crippen LogP contribution in [0.5, 0.6) is 0 Å². The van der Waals surface area contributed by atoms with Crippen molar-refractivity contribution in [1.29, 1.82) is 0 Å². The third-order valence-corrected chi connectivity index (χ3v) is 3.30. The number of nitrogens with one attached hydrogen (secondary N) is 1. The molecule has 0 fully saturated rings. The highest BCUT2D eigenvalue weighted by Gasteiger charge is 2.24. The Morgan fingerprint density at radius 3 is 2.61 bits per heavy atom. The van der Waals surface area contributed by atoms with Crippen molar-refractivity contribution in [2.45, 2.75) is 39.8 Å². The van der Waals surface area contributed by atoms with Crippen molar-refractivity contribution in [3.8, 4) is 0 Å². The highest BCUT2D eigenvalue weighted by atomic mass is 16.3. The van der Waals surface area contributed by atoms with Crippen molar-refractivity contribution in [3.63, 3.8) is 0 Å². The smallest absolute Gasteiger partial charge is 0.131 e. The summed E-state index contributed by atoms with van der Waals surface area (Å²) in [6.07, 6.45) is 1.90. The number of aliphatic hydroxyl groups is 1. The molecule has 1 heterocycles. The first-order valence-corrected chi connectivity index (χ1v) is 6.43. The van der Waals surface area contributed by atoms with Gasteiger partial charge in [-0.15, -0.1) is 0 Å². The van der Waals surface area contributed by atoms with Crippen LogP contribution < -0.4 is 10.2 Å². The predicted octanol–water partition coefficient (Wildman–Crippen LogP) is 1.71. The molecule has 0 aromatic carbocycles. The van der Waals surface area contributed by atoms with Gasteiger partial charge in [0, 0.05) is 19.8 Å². The van der Waals surface area contributed by atoms with E-state index in [2.05, 4.69) is 30.2 Å². The molecule has 0 saturated heterocycles. The van der Waals surface area contributed by atoms with E-state index in [1.54, 1.807) is 0 Å². The number of aryl methyl sites for hydroxylation is 1. The molecular formula is C14H25N3O. The summed E-state index contributed by atoms with van der Waals surface area (Å²) in [6.45, 7) is 10.1. The van der Waals surface area contributed by atoms with Gasteiger partial charge in [-0.05, 0) is 44.5 Å². The number of likely N-dealkylation sites (N-methyl/N-ethyl adjacent to an activating group) is 1. The first-order valence-electron chi connectivity index (χ1n) is 6.43. The van der Waals surface area contributed by atoms with Crippen LogP contribution in [0.25, 0.3) is 0 Å². The lowest BCUT2D eigenvalue weighted by atomic mass is 10.0. The molecule has 0 radical (unpaired) electrons. The van der Waals surface area contributed by atoms with Crippen LogP contribution in [0.1, 0.15) is 31.9 Å². The maximum atomic E-state index is 9.41. The standard InChI is InChI=1S/C14H25N3O/c1-6-15-8-12-7-11(2)13(16-9-12)17(5)14(3,4)10-18/h7,9,15,18H,6,8,10H2,1-5H3. The molecular weight excluding hydrogens is 226 g/mol. The van der Waals surface area contributed by atoms with Gasteiger partial charge in [0.25, 0.3) is 0 Å². The van der Waals surface area contributed by atoms with Crippen molar-refractivity contribution in [1.82, 2.24) is 10.3 Å². The molecule has 4 heteroatoms. The first kappa shape index (κ1) is 14.9. The molecule has 2 N–H and O–H groups in total. The second-order valence-electron chi connectivity index (χ2n) is 5.29. The number of hydrogen-bond donors (Lipinski definition) is 2. The van der Waals surface area contributed by atoms with Crippen molar-refractivity contribution >= 4 is 5.82 Å². The van der Waals surface area contributed by atoms with Gasteiger partial charge >= 0.3 is 0 Å². The Morgan fingerprint density at radius 2 is 2.11 bits per heavy atom. The maximum Gasteiger partial charge on any atom is 0.131 e. The number of rotatable bonds is 6. The topological polar surface area (TPSA) is 48.4 Å². The molecule has 0 aliphatic carbocycles. The van der Waals surface area contributed by atoms with Crippen LogP contribution in [-0.2, 0) is 6.54 Å². The molecule has 4 nitrogen and oxygen atoms in total. The highest BCUT2D eigenvalue weighted by molar-refractivity contribution is 5.48. The fourth-order valence-corrected chi connectivity index (χ4v) is 1.74. The maximum absolute atomic E-state index is 9.41. The molecule has 18 heavy (non-hydrogen) atoms. The van der Waals surface area contributed by atoms with Gasteiger partial charge in [-0.3, -0.25) is 0 Å². The number of hydrogen-bond acceptors (Lipinski definition) is 4. The van der Waals surface area contributed by atoms with Crippen molar-refractivity contribution < 1.29 is 5.11 Å². The van der Waals surface area contributed by atoms with Crippen molar-refractivity contribution in [2.24, 2.45) is 0 Å². The third kappa shape index (κ3) is 3.43. The Balaban J connectivity index is 2.91. The molecule has 1 aromatic rings. The largest absolute Gasteiger partial charge is 0.394 e. The van der Waals surface area contributed by atoms with E-state index in [4.69, 9.17) is 0 Å². The minimum absolute atomic E-state index is 0.101.